The highest BCUT2D eigenvalue weighted by Crippen LogP contribution is 2.41. The number of hydrogen-bond acceptors (Lipinski definition) is 6. The van der Waals surface area contributed by atoms with Crippen molar-refractivity contribution in [1.29, 1.82) is 5.26 Å². The predicted molar refractivity (Wildman–Crippen MR) is 121 cm³/mol. The van der Waals surface area contributed by atoms with Crippen LogP contribution < -0.4 is 14.6 Å². The van der Waals surface area contributed by atoms with Crippen molar-refractivity contribution in [2.75, 3.05) is 0 Å². The summed E-state index contributed by atoms with van der Waals surface area (Å²) in [5, 5.41) is 15.5. The van der Waals surface area contributed by atoms with Gasteiger partial charge < -0.3 is 4.74 Å². The van der Waals surface area contributed by atoms with Crippen molar-refractivity contribution in [3.63, 3.8) is 0 Å². The van der Waals surface area contributed by atoms with Crippen LogP contribution in [0.2, 0.25) is 0 Å². The molecule has 0 amide bonds. The smallest absolute Gasteiger partial charge is 0.274 e. The fourth-order valence-electron chi connectivity index (χ4n) is 3.85. The lowest BCUT2D eigenvalue weighted by Crippen LogP contribution is -2.33. The van der Waals surface area contributed by atoms with Gasteiger partial charge in [0.25, 0.3) is 10.2 Å². The number of aromatic nitrogens is 1. The maximum atomic E-state index is 11.5. The van der Waals surface area contributed by atoms with Crippen molar-refractivity contribution in [1.82, 2.24) is 9.71 Å². The largest absolute Gasteiger partial charge is 0.490 e. The number of thiazole rings is 1. The Morgan fingerprint density at radius 2 is 2.13 bits per heavy atom. The van der Waals surface area contributed by atoms with Crippen LogP contribution >= 0.6 is 11.3 Å². The molecule has 1 heterocycles. The molecule has 3 N–H and O–H groups in total. The monoisotopic (exact) mass is 454 g/mol. The van der Waals surface area contributed by atoms with E-state index >= 15 is 0 Å². The Morgan fingerprint density at radius 3 is 2.84 bits per heavy atom. The lowest BCUT2D eigenvalue weighted by Gasteiger charge is -2.12. The standard InChI is InChI=1S/C22H22N4O3S2/c1-13(2)29-20-9-6-14(10-15(20)11-23)22-25-12-21(30-22)18-5-3-4-17-16(18)7-8-19(17)26-31(24,27)28/h3-6,9-10,12-13,19,26H,7-8H2,1-2H3,(H2,24,27,28)/t19-/m1/s1. The second-order valence-corrected chi connectivity index (χ2v) is 10.0. The summed E-state index contributed by atoms with van der Waals surface area (Å²) in [6.07, 6.45) is 3.22. The first-order chi connectivity index (χ1) is 14.7. The zero-order valence-corrected chi connectivity index (χ0v) is 18.8. The Kier molecular flexibility index (Phi) is 5.81. The Labute approximate surface area is 185 Å². The van der Waals surface area contributed by atoms with Gasteiger partial charge in [0.05, 0.1) is 16.5 Å². The number of nitrogens with one attached hydrogen (secondary N) is 1. The average molecular weight is 455 g/mol. The summed E-state index contributed by atoms with van der Waals surface area (Å²) in [4.78, 5) is 5.56. The number of hydrogen-bond donors (Lipinski definition) is 2. The van der Waals surface area contributed by atoms with Crippen LogP contribution in [0.1, 0.15) is 43.0 Å². The summed E-state index contributed by atoms with van der Waals surface area (Å²) in [6.45, 7) is 3.84. The molecular weight excluding hydrogens is 432 g/mol. The maximum absolute atomic E-state index is 11.5. The zero-order chi connectivity index (χ0) is 22.2. The molecule has 0 saturated heterocycles. The SMILES string of the molecule is CC(C)Oc1ccc(-c2ncc(-c3cccc4c3CC[C@H]4NS(N)(=O)=O)s2)cc1C#N. The van der Waals surface area contributed by atoms with E-state index in [4.69, 9.17) is 9.88 Å². The molecule has 160 valence electrons. The van der Waals surface area contributed by atoms with Gasteiger partial charge in [0.15, 0.2) is 0 Å². The maximum Gasteiger partial charge on any atom is 0.274 e. The minimum atomic E-state index is -3.77. The highest BCUT2D eigenvalue weighted by molar-refractivity contribution is 7.87. The molecule has 31 heavy (non-hydrogen) atoms. The summed E-state index contributed by atoms with van der Waals surface area (Å²) in [5.74, 6) is 0.562. The molecule has 0 saturated carbocycles. The molecule has 7 nitrogen and oxygen atoms in total. The third-order valence-corrected chi connectivity index (χ3v) is 6.75. The van der Waals surface area contributed by atoms with Crippen LogP contribution in [0.15, 0.2) is 42.6 Å². The normalized spacial score (nSPS) is 15.6. The predicted octanol–water partition coefficient (Wildman–Crippen LogP) is 3.92. The van der Waals surface area contributed by atoms with Crippen LogP contribution in [0.25, 0.3) is 21.0 Å². The van der Waals surface area contributed by atoms with Crippen LogP contribution in [0.4, 0.5) is 0 Å². The summed E-state index contributed by atoms with van der Waals surface area (Å²) >= 11 is 1.53. The van der Waals surface area contributed by atoms with E-state index in [1.54, 1.807) is 12.1 Å². The van der Waals surface area contributed by atoms with Gasteiger partial charge in [0.2, 0.25) is 0 Å². The van der Waals surface area contributed by atoms with Crippen LogP contribution in [0, 0.1) is 11.3 Å². The molecule has 1 aromatic heterocycles. The number of fused-ring (bicyclic) bond motifs is 1. The van der Waals surface area contributed by atoms with Crippen molar-refractivity contribution in [3.05, 3.63) is 59.3 Å². The quantitative estimate of drug-likeness (QED) is 0.585. The molecule has 2 aromatic carbocycles. The molecule has 1 atom stereocenters. The summed E-state index contributed by atoms with van der Waals surface area (Å²) < 4.78 is 31.2. The van der Waals surface area contributed by atoms with Gasteiger partial charge in [0, 0.05) is 17.8 Å². The minimum absolute atomic E-state index is 0.0165. The van der Waals surface area contributed by atoms with Crippen molar-refractivity contribution < 1.29 is 13.2 Å². The minimum Gasteiger partial charge on any atom is -0.490 e. The van der Waals surface area contributed by atoms with Crippen LogP contribution in [-0.2, 0) is 16.6 Å². The van der Waals surface area contributed by atoms with E-state index in [-0.39, 0.29) is 12.1 Å². The van der Waals surface area contributed by atoms with Crippen molar-refractivity contribution in [2.24, 2.45) is 5.14 Å². The highest BCUT2D eigenvalue weighted by atomic mass is 32.2. The second kappa shape index (κ2) is 8.40. The molecule has 0 aliphatic heterocycles. The van der Waals surface area contributed by atoms with E-state index in [0.717, 1.165) is 38.6 Å². The Morgan fingerprint density at radius 1 is 1.32 bits per heavy atom. The molecule has 0 spiro atoms. The van der Waals surface area contributed by atoms with E-state index in [9.17, 15) is 13.7 Å². The molecule has 0 fully saturated rings. The topological polar surface area (TPSA) is 118 Å². The first-order valence-corrected chi connectivity index (χ1v) is 12.2. The first kappa shape index (κ1) is 21.5. The van der Waals surface area contributed by atoms with E-state index in [1.165, 1.54) is 11.3 Å². The fourth-order valence-corrected chi connectivity index (χ4v) is 5.45. The van der Waals surface area contributed by atoms with Crippen LogP contribution in [0.3, 0.4) is 0 Å². The van der Waals surface area contributed by atoms with Crippen molar-refractivity contribution >= 4 is 21.5 Å². The molecule has 3 aromatic rings. The Balaban J connectivity index is 1.66. The fraction of sp³-hybridized carbons (Fsp3) is 0.273. The van der Waals surface area contributed by atoms with E-state index < -0.39 is 10.2 Å². The lowest BCUT2D eigenvalue weighted by atomic mass is 10.0. The number of nitriles is 1. The van der Waals surface area contributed by atoms with Gasteiger partial charge in [-0.3, -0.25) is 0 Å². The van der Waals surface area contributed by atoms with E-state index in [2.05, 4.69) is 15.8 Å². The lowest BCUT2D eigenvalue weighted by molar-refractivity contribution is 0.242. The Bertz CT molecular complexity index is 1280. The van der Waals surface area contributed by atoms with E-state index in [1.807, 2.05) is 44.3 Å². The van der Waals surface area contributed by atoms with Gasteiger partial charge in [-0.1, -0.05) is 18.2 Å². The Hall–Kier alpha value is -2.77. The van der Waals surface area contributed by atoms with Crippen molar-refractivity contribution in [3.8, 4) is 32.8 Å². The molecule has 1 aliphatic rings. The molecule has 0 bridgehead atoms. The number of ether oxygens (including phenoxy) is 1. The summed E-state index contributed by atoms with van der Waals surface area (Å²) in [5.41, 5.74) is 4.42. The molecule has 0 unspecified atom stereocenters. The molecule has 9 heteroatoms. The molecule has 0 radical (unpaired) electrons. The van der Waals surface area contributed by atoms with Crippen molar-refractivity contribution in [2.45, 2.75) is 38.8 Å². The zero-order valence-electron chi connectivity index (χ0n) is 17.1. The van der Waals surface area contributed by atoms with Gasteiger partial charge >= 0.3 is 0 Å². The first-order valence-electron chi connectivity index (χ1n) is 9.84. The average Bonchev–Trinajstić information content (AvgIpc) is 3.34. The molecule has 4 rings (SSSR count). The number of rotatable bonds is 6. The highest BCUT2D eigenvalue weighted by Gasteiger charge is 2.27. The third kappa shape index (κ3) is 4.62. The van der Waals surface area contributed by atoms with Gasteiger partial charge in [-0.25, -0.2) is 10.1 Å². The third-order valence-electron chi connectivity index (χ3n) is 5.06. The number of benzene rings is 2. The van der Waals surface area contributed by atoms with Crippen LogP contribution in [-0.4, -0.2) is 19.5 Å². The van der Waals surface area contributed by atoms with Crippen LogP contribution in [0.5, 0.6) is 5.75 Å². The number of nitrogens with two attached hydrogens (primary N) is 1. The molecule has 1 aliphatic carbocycles. The second-order valence-electron chi connectivity index (χ2n) is 7.65. The van der Waals surface area contributed by atoms with Gasteiger partial charge in [-0.15, -0.1) is 11.3 Å². The summed E-state index contributed by atoms with van der Waals surface area (Å²) in [7, 11) is -3.77. The van der Waals surface area contributed by atoms with Gasteiger partial charge in [-0.2, -0.15) is 18.4 Å². The van der Waals surface area contributed by atoms with E-state index in [0.29, 0.717) is 17.7 Å². The molecular formula is C22H22N4O3S2. The van der Waals surface area contributed by atoms with Gasteiger partial charge in [-0.05, 0) is 61.6 Å². The summed E-state index contributed by atoms with van der Waals surface area (Å²) in [6, 6.07) is 13.3. The van der Waals surface area contributed by atoms with Gasteiger partial charge in [0.1, 0.15) is 16.8 Å². The number of nitrogens with zero attached hydrogens (tertiary/aromatic N) is 2.